The van der Waals surface area contributed by atoms with Crippen LogP contribution in [0.15, 0.2) is 18.5 Å². The van der Waals surface area contributed by atoms with Crippen LogP contribution in [-0.2, 0) is 4.74 Å². The van der Waals surface area contributed by atoms with Gasteiger partial charge in [-0.3, -0.25) is 9.20 Å². The number of rotatable bonds is 5. The summed E-state index contributed by atoms with van der Waals surface area (Å²) in [4.78, 5) is 24.2. The monoisotopic (exact) mass is 503 g/mol. The Bertz CT molecular complexity index is 1270. The molecule has 1 fully saturated rings. The highest BCUT2D eigenvalue weighted by Crippen LogP contribution is 2.40. The number of aromatic nitrogens is 3. The minimum atomic E-state index is -0.798. The van der Waals surface area contributed by atoms with E-state index in [1.807, 2.05) is 45.9 Å². The molecule has 3 atom stereocenters. The summed E-state index contributed by atoms with van der Waals surface area (Å²) in [5.41, 5.74) is 7.89. The number of nitrogen functional groups attached to an aromatic ring is 1. The van der Waals surface area contributed by atoms with E-state index in [1.54, 1.807) is 17.3 Å². The van der Waals surface area contributed by atoms with Crippen LogP contribution < -0.4 is 10.5 Å². The van der Waals surface area contributed by atoms with E-state index in [2.05, 4.69) is 4.98 Å². The SMILES string of the molecule is Cc1nc([C@@H](C)c2cc(Cl)c(F)c(C(=O)N3C[C@@H](C)O[C@@H](C)C3)c2OC(C)C)n2ccnc(N)c12. The van der Waals surface area contributed by atoms with Crippen LogP contribution in [0.2, 0.25) is 5.02 Å². The van der Waals surface area contributed by atoms with Crippen molar-refractivity contribution in [2.45, 2.75) is 65.8 Å². The topological polar surface area (TPSA) is 95.0 Å². The first-order valence-corrected chi connectivity index (χ1v) is 12.1. The average molecular weight is 504 g/mol. The number of amides is 1. The third-order valence-corrected chi connectivity index (χ3v) is 6.39. The molecule has 3 heterocycles. The van der Waals surface area contributed by atoms with Gasteiger partial charge in [0.05, 0.1) is 29.0 Å². The number of nitrogens with two attached hydrogens (primary N) is 1. The lowest BCUT2D eigenvalue weighted by molar-refractivity contribution is -0.0588. The van der Waals surface area contributed by atoms with Gasteiger partial charge in [0.1, 0.15) is 28.5 Å². The van der Waals surface area contributed by atoms with Crippen LogP contribution >= 0.6 is 11.6 Å². The van der Waals surface area contributed by atoms with Gasteiger partial charge in [-0.15, -0.1) is 0 Å². The lowest BCUT2D eigenvalue weighted by Crippen LogP contribution is -2.48. The van der Waals surface area contributed by atoms with Gasteiger partial charge in [-0.05, 0) is 40.7 Å². The third kappa shape index (κ3) is 4.67. The molecule has 0 bridgehead atoms. The van der Waals surface area contributed by atoms with E-state index in [9.17, 15) is 4.79 Å². The molecule has 0 unspecified atom stereocenters. The Morgan fingerprint density at radius 3 is 2.57 bits per heavy atom. The van der Waals surface area contributed by atoms with Crippen LogP contribution in [0.1, 0.15) is 68.0 Å². The quantitative estimate of drug-likeness (QED) is 0.546. The number of benzene rings is 1. The van der Waals surface area contributed by atoms with Crippen LogP contribution in [0, 0.1) is 12.7 Å². The van der Waals surface area contributed by atoms with Gasteiger partial charge in [-0.25, -0.2) is 14.4 Å². The van der Waals surface area contributed by atoms with Crippen LogP contribution in [0.3, 0.4) is 0 Å². The van der Waals surface area contributed by atoms with E-state index in [0.29, 0.717) is 41.5 Å². The zero-order chi connectivity index (χ0) is 25.6. The lowest BCUT2D eigenvalue weighted by Gasteiger charge is -2.36. The van der Waals surface area contributed by atoms with Gasteiger partial charge >= 0.3 is 0 Å². The number of ether oxygens (including phenoxy) is 2. The molecule has 10 heteroatoms. The largest absolute Gasteiger partial charge is 0.490 e. The van der Waals surface area contributed by atoms with Gasteiger partial charge in [0.25, 0.3) is 5.91 Å². The molecular formula is C25H31ClFN5O3. The van der Waals surface area contributed by atoms with Gasteiger partial charge in [0, 0.05) is 37.0 Å². The summed E-state index contributed by atoms with van der Waals surface area (Å²) in [5, 5.41) is -0.153. The molecule has 0 spiro atoms. The van der Waals surface area contributed by atoms with E-state index in [0.717, 1.165) is 0 Å². The zero-order valence-corrected chi connectivity index (χ0v) is 21.6. The minimum Gasteiger partial charge on any atom is -0.490 e. The molecule has 35 heavy (non-hydrogen) atoms. The fourth-order valence-corrected chi connectivity index (χ4v) is 4.93. The molecule has 3 aromatic rings. The van der Waals surface area contributed by atoms with Gasteiger partial charge in [0.15, 0.2) is 5.82 Å². The second-order valence-corrected chi connectivity index (χ2v) is 9.82. The van der Waals surface area contributed by atoms with Crippen molar-refractivity contribution in [3.8, 4) is 5.75 Å². The standard InChI is InChI=1S/C25H31ClFN5O3/c1-12(2)34-22-17(15(5)24-30-16(6)21-23(28)29-7-8-32(21)24)9-18(26)20(27)19(22)25(33)31-10-13(3)35-14(4)11-31/h7-9,12-15H,10-11H2,1-6H3,(H2,28,29)/t13-,14+,15-/m0/s1. The molecule has 1 amide bonds. The summed E-state index contributed by atoms with van der Waals surface area (Å²) in [6.45, 7) is 11.9. The maximum absolute atomic E-state index is 15.5. The highest BCUT2D eigenvalue weighted by molar-refractivity contribution is 6.31. The molecule has 8 nitrogen and oxygen atoms in total. The number of hydrogen-bond acceptors (Lipinski definition) is 6. The average Bonchev–Trinajstić information content (AvgIpc) is 3.12. The van der Waals surface area contributed by atoms with Crippen molar-refractivity contribution in [2.24, 2.45) is 0 Å². The first-order valence-electron chi connectivity index (χ1n) is 11.7. The Morgan fingerprint density at radius 2 is 1.94 bits per heavy atom. The number of aryl methyl sites for hydroxylation is 1. The normalized spacial score (nSPS) is 19.4. The molecule has 1 aliphatic rings. The molecule has 0 aliphatic carbocycles. The first kappa shape index (κ1) is 25.2. The van der Waals surface area contributed by atoms with Crippen LogP contribution in [0.25, 0.3) is 5.52 Å². The Labute approximate surface area is 209 Å². The Hall–Kier alpha value is -2.91. The zero-order valence-electron chi connectivity index (χ0n) is 20.8. The van der Waals surface area contributed by atoms with Gasteiger partial charge in [-0.1, -0.05) is 18.5 Å². The Kier molecular flexibility index (Phi) is 6.92. The molecular weight excluding hydrogens is 473 g/mol. The summed E-state index contributed by atoms with van der Waals surface area (Å²) >= 11 is 6.36. The number of nitrogens with zero attached hydrogens (tertiary/aromatic N) is 4. The molecule has 1 aromatic carbocycles. The van der Waals surface area contributed by atoms with Gasteiger partial charge < -0.3 is 20.1 Å². The van der Waals surface area contributed by atoms with Crippen LogP contribution in [0.4, 0.5) is 10.2 Å². The second-order valence-electron chi connectivity index (χ2n) is 9.41. The summed E-state index contributed by atoms with van der Waals surface area (Å²) in [6.07, 6.45) is 2.72. The minimum absolute atomic E-state index is 0.153. The highest BCUT2D eigenvalue weighted by Gasteiger charge is 2.34. The molecule has 2 aromatic heterocycles. The van der Waals surface area contributed by atoms with E-state index < -0.39 is 17.6 Å². The van der Waals surface area contributed by atoms with E-state index >= 15 is 4.39 Å². The number of carbonyl (C=O) groups is 1. The maximum atomic E-state index is 15.5. The van der Waals surface area contributed by atoms with Crippen LogP contribution in [-0.4, -0.2) is 56.6 Å². The van der Waals surface area contributed by atoms with E-state index in [1.165, 1.54) is 6.07 Å². The molecule has 4 rings (SSSR count). The predicted molar refractivity (Wildman–Crippen MR) is 133 cm³/mol. The van der Waals surface area contributed by atoms with Crippen molar-refractivity contribution >= 4 is 28.8 Å². The van der Waals surface area contributed by atoms with Gasteiger partial charge in [0.2, 0.25) is 0 Å². The van der Waals surface area contributed by atoms with Crippen LogP contribution in [0.5, 0.6) is 5.75 Å². The lowest BCUT2D eigenvalue weighted by atomic mass is 9.95. The van der Waals surface area contributed by atoms with Crippen molar-refractivity contribution in [3.05, 3.63) is 51.9 Å². The Balaban J connectivity index is 1.89. The number of anilines is 1. The number of halogens is 2. The number of morpholine rings is 1. The predicted octanol–water partition coefficient (Wildman–Crippen LogP) is 4.60. The second kappa shape index (κ2) is 9.62. The molecule has 1 saturated heterocycles. The summed E-state index contributed by atoms with van der Waals surface area (Å²) in [7, 11) is 0. The molecule has 0 radical (unpaired) electrons. The number of fused-ring (bicyclic) bond motifs is 1. The maximum Gasteiger partial charge on any atom is 0.260 e. The molecule has 188 valence electrons. The van der Waals surface area contributed by atoms with E-state index in [4.69, 9.17) is 31.8 Å². The first-order chi connectivity index (χ1) is 16.5. The number of imidazole rings is 1. The molecule has 0 saturated carbocycles. The van der Waals surface area contributed by atoms with Gasteiger partial charge in [-0.2, -0.15) is 0 Å². The Morgan fingerprint density at radius 1 is 1.29 bits per heavy atom. The van der Waals surface area contributed by atoms with E-state index in [-0.39, 0.29) is 34.6 Å². The van der Waals surface area contributed by atoms with Crippen molar-refractivity contribution in [2.75, 3.05) is 18.8 Å². The highest BCUT2D eigenvalue weighted by atomic mass is 35.5. The van der Waals surface area contributed by atoms with Crippen molar-refractivity contribution in [1.82, 2.24) is 19.3 Å². The van der Waals surface area contributed by atoms with Crippen molar-refractivity contribution < 1.29 is 18.7 Å². The number of carbonyl (C=O) groups excluding carboxylic acids is 1. The molecule has 2 N–H and O–H groups in total. The summed E-state index contributed by atoms with van der Waals surface area (Å²) < 4.78 is 29.2. The fraction of sp³-hybridized carbons (Fsp3) is 0.480. The smallest absolute Gasteiger partial charge is 0.260 e. The summed E-state index contributed by atoms with van der Waals surface area (Å²) in [6, 6.07) is 1.52. The third-order valence-electron chi connectivity index (χ3n) is 6.11. The number of hydrogen-bond donors (Lipinski definition) is 1. The fourth-order valence-electron chi connectivity index (χ4n) is 4.72. The molecule has 1 aliphatic heterocycles. The van der Waals surface area contributed by atoms with Crippen molar-refractivity contribution in [1.29, 1.82) is 0 Å². The van der Waals surface area contributed by atoms with Crippen molar-refractivity contribution in [3.63, 3.8) is 0 Å². The summed E-state index contributed by atoms with van der Waals surface area (Å²) in [5.74, 6) is -0.504.